The lowest BCUT2D eigenvalue weighted by atomic mass is 9.76. The quantitative estimate of drug-likeness (QED) is 0.595. The number of Topliss-reactive ketones (excluding diaryl/α,β-unsaturated/α-hetero) is 1. The van der Waals surface area contributed by atoms with Crippen LogP contribution in [-0.4, -0.2) is 60.9 Å². The molecule has 162 valence electrons. The van der Waals surface area contributed by atoms with Crippen LogP contribution in [0, 0.1) is 5.82 Å². The topological polar surface area (TPSA) is 57.7 Å². The Kier molecular flexibility index (Phi) is 7.46. The molecule has 0 atom stereocenters. The van der Waals surface area contributed by atoms with Gasteiger partial charge in [-0.3, -0.25) is 9.69 Å². The minimum Gasteiger partial charge on any atom is -0.295 e. The largest absolute Gasteiger partial charge is 0.295 e. The van der Waals surface area contributed by atoms with Crippen molar-refractivity contribution in [1.29, 1.82) is 0 Å². The average Bonchev–Trinajstić information content (AvgIpc) is 2.73. The van der Waals surface area contributed by atoms with E-state index in [0.717, 1.165) is 45.2 Å². The Bertz CT molecular complexity index is 781. The van der Waals surface area contributed by atoms with Gasteiger partial charge in [-0.05, 0) is 49.9 Å². The summed E-state index contributed by atoms with van der Waals surface area (Å²) < 4.78 is 39.5. The van der Waals surface area contributed by atoms with Crippen molar-refractivity contribution in [2.75, 3.05) is 31.9 Å². The van der Waals surface area contributed by atoms with Gasteiger partial charge in [0, 0.05) is 43.7 Å². The number of hydrogen-bond donors (Lipinski definition) is 0. The molecule has 0 radical (unpaired) electrons. The molecule has 2 fully saturated rings. The van der Waals surface area contributed by atoms with E-state index in [1.165, 1.54) is 18.6 Å². The lowest BCUT2D eigenvalue weighted by Crippen LogP contribution is -2.58. The van der Waals surface area contributed by atoms with E-state index in [4.69, 9.17) is 0 Å². The van der Waals surface area contributed by atoms with Crippen molar-refractivity contribution < 1.29 is 17.6 Å². The van der Waals surface area contributed by atoms with Crippen LogP contribution in [-0.2, 0) is 10.0 Å². The van der Waals surface area contributed by atoms with Crippen LogP contribution in [0.3, 0.4) is 0 Å². The van der Waals surface area contributed by atoms with Gasteiger partial charge in [0.15, 0.2) is 5.78 Å². The van der Waals surface area contributed by atoms with Crippen LogP contribution in [0.25, 0.3) is 0 Å². The molecule has 1 saturated carbocycles. The summed E-state index contributed by atoms with van der Waals surface area (Å²) in [7, 11) is -3.15. The van der Waals surface area contributed by atoms with Crippen LogP contribution in [0.5, 0.6) is 0 Å². The molecule has 7 heteroatoms. The zero-order valence-corrected chi connectivity index (χ0v) is 18.2. The number of sulfonamides is 1. The molecule has 0 unspecified atom stereocenters. The van der Waals surface area contributed by atoms with Crippen molar-refractivity contribution in [2.45, 2.75) is 63.8 Å². The van der Waals surface area contributed by atoms with Crippen LogP contribution in [0.2, 0.25) is 0 Å². The molecule has 1 heterocycles. The molecule has 1 aromatic carbocycles. The molecular formula is C22H33FN2O3S. The van der Waals surface area contributed by atoms with Crippen LogP contribution >= 0.6 is 0 Å². The van der Waals surface area contributed by atoms with E-state index in [0.29, 0.717) is 31.5 Å². The number of nitrogens with zero attached hydrogens (tertiary/aromatic N) is 2. The number of piperazine rings is 1. The maximum Gasteiger partial charge on any atom is 0.214 e. The molecule has 0 spiro atoms. The summed E-state index contributed by atoms with van der Waals surface area (Å²) in [6.45, 7) is 4.43. The molecule has 0 N–H and O–H groups in total. The van der Waals surface area contributed by atoms with Crippen molar-refractivity contribution >= 4 is 15.8 Å². The Morgan fingerprint density at radius 3 is 2.24 bits per heavy atom. The van der Waals surface area contributed by atoms with Gasteiger partial charge in [0.2, 0.25) is 10.0 Å². The highest BCUT2D eigenvalue weighted by molar-refractivity contribution is 7.89. The first kappa shape index (κ1) is 22.4. The van der Waals surface area contributed by atoms with E-state index in [1.807, 2.05) is 6.92 Å². The van der Waals surface area contributed by atoms with Crippen LogP contribution in [0.4, 0.5) is 4.39 Å². The molecule has 1 saturated heterocycles. The summed E-state index contributed by atoms with van der Waals surface area (Å²) in [5.41, 5.74) is 0.544. The maximum atomic E-state index is 13.1. The van der Waals surface area contributed by atoms with Crippen molar-refractivity contribution in [3.05, 3.63) is 35.6 Å². The standard InChI is InChI=1S/C22H33FN2O3S/c1-2-18-29(27,28)25-16-14-24(15-17-25)22(11-4-3-5-12-22)13-10-21(26)19-6-8-20(23)9-7-19/h6-9H,2-5,10-18H2,1H3. The van der Waals surface area contributed by atoms with E-state index in [9.17, 15) is 17.6 Å². The Balaban J connectivity index is 1.64. The van der Waals surface area contributed by atoms with E-state index < -0.39 is 10.0 Å². The fourth-order valence-electron chi connectivity index (χ4n) is 4.89. The lowest BCUT2D eigenvalue weighted by Gasteiger charge is -2.50. The first-order valence-corrected chi connectivity index (χ1v) is 12.5. The highest BCUT2D eigenvalue weighted by atomic mass is 32.2. The first-order chi connectivity index (χ1) is 13.9. The number of ketones is 1. The predicted molar refractivity (Wildman–Crippen MR) is 113 cm³/mol. The number of carbonyl (C=O) groups excluding carboxylic acids is 1. The van der Waals surface area contributed by atoms with Gasteiger partial charge >= 0.3 is 0 Å². The monoisotopic (exact) mass is 424 g/mol. The van der Waals surface area contributed by atoms with Crippen LogP contribution in [0.15, 0.2) is 24.3 Å². The Morgan fingerprint density at radius 2 is 1.66 bits per heavy atom. The zero-order valence-electron chi connectivity index (χ0n) is 17.4. The third kappa shape index (κ3) is 5.44. The van der Waals surface area contributed by atoms with Gasteiger partial charge in [0.05, 0.1) is 5.75 Å². The number of benzene rings is 1. The second-order valence-corrected chi connectivity index (χ2v) is 10.5. The molecular weight excluding hydrogens is 391 g/mol. The molecule has 1 aliphatic heterocycles. The fourth-order valence-corrected chi connectivity index (χ4v) is 6.38. The van der Waals surface area contributed by atoms with Crippen molar-refractivity contribution in [1.82, 2.24) is 9.21 Å². The van der Waals surface area contributed by atoms with Gasteiger partial charge < -0.3 is 0 Å². The number of rotatable bonds is 8. The van der Waals surface area contributed by atoms with Gasteiger partial charge in [-0.25, -0.2) is 12.8 Å². The van der Waals surface area contributed by atoms with E-state index in [2.05, 4.69) is 4.90 Å². The second kappa shape index (κ2) is 9.67. The number of carbonyl (C=O) groups is 1. The Hall–Kier alpha value is -1.31. The van der Waals surface area contributed by atoms with Crippen molar-refractivity contribution in [2.24, 2.45) is 0 Å². The summed E-state index contributed by atoms with van der Waals surface area (Å²) in [4.78, 5) is 15.1. The molecule has 29 heavy (non-hydrogen) atoms. The minimum absolute atomic E-state index is 0.0193. The van der Waals surface area contributed by atoms with Gasteiger partial charge in [-0.1, -0.05) is 26.2 Å². The van der Waals surface area contributed by atoms with Gasteiger partial charge in [0.25, 0.3) is 0 Å². The molecule has 0 bridgehead atoms. The first-order valence-electron chi connectivity index (χ1n) is 10.9. The summed E-state index contributed by atoms with van der Waals surface area (Å²) in [6, 6.07) is 5.78. The molecule has 1 aromatic rings. The fraction of sp³-hybridized carbons (Fsp3) is 0.682. The molecule has 0 aromatic heterocycles. The van der Waals surface area contributed by atoms with E-state index >= 15 is 0 Å². The summed E-state index contributed by atoms with van der Waals surface area (Å²) in [5.74, 6) is -0.0649. The van der Waals surface area contributed by atoms with Gasteiger partial charge in [-0.2, -0.15) is 4.31 Å². The van der Waals surface area contributed by atoms with Crippen molar-refractivity contribution in [3.8, 4) is 0 Å². The summed E-state index contributed by atoms with van der Waals surface area (Å²) in [5, 5.41) is 0. The highest BCUT2D eigenvalue weighted by Gasteiger charge is 2.40. The number of hydrogen-bond acceptors (Lipinski definition) is 4. The van der Waals surface area contributed by atoms with Gasteiger partial charge in [0.1, 0.15) is 5.82 Å². The second-order valence-electron chi connectivity index (χ2n) is 8.42. The summed E-state index contributed by atoms with van der Waals surface area (Å²) in [6.07, 6.45) is 7.51. The van der Waals surface area contributed by atoms with Gasteiger partial charge in [-0.15, -0.1) is 0 Å². The summed E-state index contributed by atoms with van der Waals surface area (Å²) >= 11 is 0. The Labute approximate surface area is 174 Å². The van der Waals surface area contributed by atoms with E-state index in [-0.39, 0.29) is 22.9 Å². The van der Waals surface area contributed by atoms with Crippen molar-refractivity contribution in [3.63, 3.8) is 0 Å². The normalized spacial score (nSPS) is 21.2. The minimum atomic E-state index is -3.15. The highest BCUT2D eigenvalue weighted by Crippen LogP contribution is 2.38. The molecule has 3 rings (SSSR count). The Morgan fingerprint density at radius 1 is 1.03 bits per heavy atom. The average molecular weight is 425 g/mol. The predicted octanol–water partition coefficient (Wildman–Crippen LogP) is 3.85. The molecule has 1 aliphatic carbocycles. The molecule has 0 amide bonds. The van der Waals surface area contributed by atoms with Crippen LogP contribution in [0.1, 0.15) is 68.6 Å². The third-order valence-corrected chi connectivity index (χ3v) is 8.61. The molecule has 2 aliphatic rings. The smallest absolute Gasteiger partial charge is 0.214 e. The zero-order chi connectivity index (χ0) is 20.9. The molecule has 5 nitrogen and oxygen atoms in total. The lowest BCUT2D eigenvalue weighted by molar-refractivity contribution is 0.0165. The number of halogens is 1. The SMILES string of the molecule is CCCS(=O)(=O)N1CCN(C2(CCC(=O)c3ccc(F)cc3)CCCCC2)CC1. The maximum absolute atomic E-state index is 13.1. The van der Waals surface area contributed by atoms with Crippen LogP contribution < -0.4 is 0 Å². The third-order valence-electron chi connectivity index (χ3n) is 6.53. The van der Waals surface area contributed by atoms with E-state index in [1.54, 1.807) is 16.4 Å².